The number of rotatable bonds is 3. The second-order valence-electron chi connectivity index (χ2n) is 4.41. The van der Waals surface area contributed by atoms with E-state index in [0.717, 1.165) is 10.2 Å². The number of amides is 1. The van der Waals surface area contributed by atoms with Gasteiger partial charge in [0.1, 0.15) is 17.4 Å². The lowest BCUT2D eigenvalue weighted by atomic mass is 10.2. The maximum atomic E-state index is 12.2. The lowest BCUT2D eigenvalue weighted by molar-refractivity contribution is -0.119. The average molecular weight is 327 g/mol. The molecule has 0 saturated heterocycles. The molecule has 1 N–H and O–H groups in total. The van der Waals surface area contributed by atoms with Crippen LogP contribution in [0.5, 0.6) is 0 Å². The minimum atomic E-state index is -0.418. The smallest absolute Gasteiger partial charge is 0.249 e. The summed E-state index contributed by atoms with van der Waals surface area (Å²) >= 11 is 3.38. The number of anilines is 1. The first-order valence-corrected chi connectivity index (χ1v) is 6.64. The fourth-order valence-electron chi connectivity index (χ4n) is 1.67. The molecule has 0 spiro atoms. The summed E-state index contributed by atoms with van der Waals surface area (Å²) in [5.74, 6) is 0.431. The Morgan fingerprint density at radius 3 is 2.58 bits per heavy atom. The van der Waals surface area contributed by atoms with Crippen LogP contribution in [0.15, 0.2) is 15.2 Å². The Kier molecular flexibility index (Phi) is 3.75. The van der Waals surface area contributed by atoms with E-state index in [9.17, 15) is 4.79 Å². The van der Waals surface area contributed by atoms with E-state index in [2.05, 4.69) is 31.5 Å². The Morgan fingerprint density at radius 1 is 1.42 bits per heavy atom. The lowest BCUT2D eigenvalue weighted by Crippen LogP contribution is -2.24. The topological polar surface area (TPSA) is 73.0 Å². The number of hydrogen-bond acceptors (Lipinski definition) is 4. The van der Waals surface area contributed by atoms with Crippen molar-refractivity contribution in [2.45, 2.75) is 33.7 Å². The summed E-state index contributed by atoms with van der Waals surface area (Å²) in [5, 5.41) is 10.9. The molecule has 6 nitrogen and oxygen atoms in total. The Morgan fingerprint density at radius 2 is 2.11 bits per heavy atom. The molecule has 0 fully saturated rings. The molecule has 1 atom stereocenters. The first-order chi connectivity index (χ1) is 8.90. The van der Waals surface area contributed by atoms with Crippen molar-refractivity contribution in [3.05, 3.63) is 27.8 Å². The van der Waals surface area contributed by atoms with Crippen molar-refractivity contribution < 1.29 is 9.32 Å². The first kappa shape index (κ1) is 13.8. The maximum absolute atomic E-state index is 12.2. The highest BCUT2D eigenvalue weighted by Crippen LogP contribution is 2.21. The van der Waals surface area contributed by atoms with E-state index < -0.39 is 6.04 Å². The van der Waals surface area contributed by atoms with Gasteiger partial charge in [0.25, 0.3) is 0 Å². The van der Waals surface area contributed by atoms with Crippen LogP contribution in [-0.2, 0) is 4.79 Å². The molecule has 0 aliphatic carbocycles. The van der Waals surface area contributed by atoms with Crippen LogP contribution >= 0.6 is 15.9 Å². The second-order valence-corrected chi connectivity index (χ2v) is 5.26. The first-order valence-electron chi connectivity index (χ1n) is 5.85. The van der Waals surface area contributed by atoms with Crippen LogP contribution < -0.4 is 5.32 Å². The predicted octanol–water partition coefficient (Wildman–Crippen LogP) is 2.76. The molecule has 0 radical (unpaired) electrons. The molecular formula is C12H15BrN4O2. The molecule has 0 aliphatic rings. The van der Waals surface area contributed by atoms with E-state index >= 15 is 0 Å². The van der Waals surface area contributed by atoms with Gasteiger partial charge in [-0.15, -0.1) is 0 Å². The standard InChI is InChI=1S/C12H15BrN4O2/c1-6-10(13)5-17(15-6)8(3)12(18)14-11-7(2)16-19-9(11)4/h5,8H,1-4H3,(H,14,18). The van der Waals surface area contributed by atoms with Gasteiger partial charge in [-0.1, -0.05) is 5.16 Å². The third-order valence-corrected chi connectivity index (χ3v) is 3.69. The number of aryl methyl sites for hydroxylation is 3. The molecule has 2 rings (SSSR count). The van der Waals surface area contributed by atoms with Crippen molar-refractivity contribution in [2.24, 2.45) is 0 Å². The van der Waals surface area contributed by atoms with Crippen molar-refractivity contribution in [1.29, 1.82) is 0 Å². The zero-order valence-corrected chi connectivity index (χ0v) is 12.8. The number of carbonyl (C=O) groups excluding carboxylic acids is 1. The van der Waals surface area contributed by atoms with E-state index in [1.807, 2.05) is 6.92 Å². The third kappa shape index (κ3) is 2.70. The molecule has 7 heteroatoms. The zero-order chi connectivity index (χ0) is 14.2. The summed E-state index contributed by atoms with van der Waals surface area (Å²) in [6, 6.07) is -0.418. The zero-order valence-electron chi connectivity index (χ0n) is 11.2. The van der Waals surface area contributed by atoms with Crippen molar-refractivity contribution in [3.8, 4) is 0 Å². The number of nitrogens with zero attached hydrogens (tertiary/aromatic N) is 3. The van der Waals surface area contributed by atoms with Crippen LogP contribution in [0.25, 0.3) is 0 Å². The predicted molar refractivity (Wildman–Crippen MR) is 74.0 cm³/mol. The number of hydrogen-bond donors (Lipinski definition) is 1. The van der Waals surface area contributed by atoms with Gasteiger partial charge in [-0.3, -0.25) is 9.48 Å². The summed E-state index contributed by atoms with van der Waals surface area (Å²) in [6.07, 6.45) is 1.78. The number of aromatic nitrogens is 3. The van der Waals surface area contributed by atoms with Crippen LogP contribution in [0, 0.1) is 20.8 Å². The highest BCUT2D eigenvalue weighted by molar-refractivity contribution is 9.10. The fourth-order valence-corrected chi connectivity index (χ4v) is 1.96. The number of nitrogens with one attached hydrogen (secondary N) is 1. The highest BCUT2D eigenvalue weighted by atomic mass is 79.9. The Labute approximate surface area is 119 Å². The maximum Gasteiger partial charge on any atom is 0.249 e. The Hall–Kier alpha value is -1.63. The minimum absolute atomic E-state index is 0.163. The lowest BCUT2D eigenvalue weighted by Gasteiger charge is -2.12. The molecule has 1 amide bonds. The van der Waals surface area contributed by atoms with E-state index in [-0.39, 0.29) is 5.91 Å². The van der Waals surface area contributed by atoms with Gasteiger partial charge in [-0.2, -0.15) is 5.10 Å². The van der Waals surface area contributed by atoms with Crippen LogP contribution in [-0.4, -0.2) is 20.8 Å². The van der Waals surface area contributed by atoms with E-state index in [4.69, 9.17) is 4.52 Å². The van der Waals surface area contributed by atoms with Crippen LogP contribution in [0.4, 0.5) is 5.69 Å². The van der Waals surface area contributed by atoms with Crippen molar-refractivity contribution in [1.82, 2.24) is 14.9 Å². The monoisotopic (exact) mass is 326 g/mol. The molecule has 0 saturated carbocycles. The SMILES string of the molecule is Cc1nn(C(C)C(=O)Nc2c(C)noc2C)cc1Br. The van der Waals surface area contributed by atoms with Gasteiger partial charge < -0.3 is 9.84 Å². The Bertz CT molecular complexity index is 578. The summed E-state index contributed by atoms with van der Waals surface area (Å²) in [6.45, 7) is 7.20. The molecule has 102 valence electrons. The average Bonchev–Trinajstić information content (AvgIpc) is 2.85. The van der Waals surface area contributed by atoms with Gasteiger partial charge in [0.2, 0.25) is 5.91 Å². The summed E-state index contributed by atoms with van der Waals surface area (Å²) in [7, 11) is 0. The van der Waals surface area contributed by atoms with E-state index in [1.165, 1.54) is 0 Å². The highest BCUT2D eigenvalue weighted by Gasteiger charge is 2.20. The normalized spacial score (nSPS) is 12.5. The van der Waals surface area contributed by atoms with Gasteiger partial charge in [0.15, 0.2) is 5.76 Å². The third-order valence-electron chi connectivity index (χ3n) is 2.91. The minimum Gasteiger partial charge on any atom is -0.359 e. The number of carbonyl (C=O) groups is 1. The van der Waals surface area contributed by atoms with Crippen LogP contribution in [0.3, 0.4) is 0 Å². The van der Waals surface area contributed by atoms with Gasteiger partial charge in [0, 0.05) is 6.20 Å². The van der Waals surface area contributed by atoms with Gasteiger partial charge in [-0.25, -0.2) is 0 Å². The molecule has 0 aromatic carbocycles. The molecule has 2 aromatic rings. The molecule has 19 heavy (non-hydrogen) atoms. The summed E-state index contributed by atoms with van der Waals surface area (Å²) in [4.78, 5) is 12.2. The summed E-state index contributed by atoms with van der Waals surface area (Å²) in [5.41, 5.74) is 2.13. The fraction of sp³-hybridized carbons (Fsp3) is 0.417. The largest absolute Gasteiger partial charge is 0.359 e. The molecular weight excluding hydrogens is 312 g/mol. The van der Waals surface area contributed by atoms with E-state index in [0.29, 0.717) is 17.1 Å². The van der Waals surface area contributed by atoms with Crippen molar-refractivity contribution >= 4 is 27.5 Å². The van der Waals surface area contributed by atoms with Crippen molar-refractivity contribution in [3.63, 3.8) is 0 Å². The van der Waals surface area contributed by atoms with Gasteiger partial charge in [-0.05, 0) is 43.6 Å². The summed E-state index contributed by atoms with van der Waals surface area (Å²) < 4.78 is 7.51. The van der Waals surface area contributed by atoms with E-state index in [1.54, 1.807) is 31.6 Å². The van der Waals surface area contributed by atoms with Crippen LogP contribution in [0.1, 0.15) is 30.1 Å². The molecule has 0 bridgehead atoms. The van der Waals surface area contributed by atoms with Gasteiger partial charge >= 0.3 is 0 Å². The molecule has 2 aromatic heterocycles. The molecule has 1 unspecified atom stereocenters. The van der Waals surface area contributed by atoms with Crippen molar-refractivity contribution in [2.75, 3.05) is 5.32 Å². The molecule has 2 heterocycles. The number of halogens is 1. The Balaban J connectivity index is 2.16. The second kappa shape index (κ2) is 5.16. The quantitative estimate of drug-likeness (QED) is 0.941. The van der Waals surface area contributed by atoms with Crippen LogP contribution in [0.2, 0.25) is 0 Å². The molecule has 0 aliphatic heterocycles. The van der Waals surface area contributed by atoms with Gasteiger partial charge in [0.05, 0.1) is 10.2 Å².